The Kier molecular flexibility index (Phi) is 4.69. The second-order valence-electron chi connectivity index (χ2n) is 4.49. The quantitative estimate of drug-likeness (QED) is 0.884. The molecule has 1 heterocycles. The van der Waals surface area contributed by atoms with Crippen molar-refractivity contribution in [1.29, 1.82) is 0 Å². The van der Waals surface area contributed by atoms with E-state index in [4.69, 9.17) is 4.74 Å². The molecular weight excluding hydrogens is 290 g/mol. The normalized spacial score (nSPS) is 21.1. The van der Waals surface area contributed by atoms with Gasteiger partial charge in [-0.25, -0.2) is 17.2 Å². The lowest BCUT2D eigenvalue weighted by molar-refractivity contribution is 0.000763. The van der Waals surface area contributed by atoms with Gasteiger partial charge in [-0.1, -0.05) is 0 Å². The molecule has 0 saturated carbocycles. The minimum Gasteiger partial charge on any atom is -0.374 e. The van der Waals surface area contributed by atoms with Crippen LogP contribution in [0.4, 0.5) is 8.78 Å². The summed E-state index contributed by atoms with van der Waals surface area (Å²) in [6.07, 6.45) is -0.305. The van der Waals surface area contributed by atoms with Crippen molar-refractivity contribution < 1.29 is 21.9 Å². The van der Waals surface area contributed by atoms with E-state index in [1.165, 1.54) is 0 Å². The van der Waals surface area contributed by atoms with Crippen molar-refractivity contribution in [2.45, 2.75) is 11.0 Å². The van der Waals surface area contributed by atoms with E-state index in [0.29, 0.717) is 12.6 Å². The maximum absolute atomic E-state index is 13.6. The van der Waals surface area contributed by atoms with Crippen LogP contribution in [0.3, 0.4) is 0 Å². The Morgan fingerprint density at radius 1 is 1.45 bits per heavy atom. The second kappa shape index (κ2) is 6.13. The van der Waals surface area contributed by atoms with Crippen LogP contribution in [0, 0.1) is 11.6 Å². The Hall–Kier alpha value is -1.09. The number of halogens is 2. The van der Waals surface area contributed by atoms with Crippen molar-refractivity contribution >= 4 is 10.0 Å². The van der Waals surface area contributed by atoms with Crippen LogP contribution in [0.2, 0.25) is 0 Å². The van der Waals surface area contributed by atoms with Crippen LogP contribution in [0.15, 0.2) is 23.1 Å². The standard InChI is InChI=1S/C12H16F2N2O3S/c1-15-7-10-8-16(4-5-19-10)20(17,18)12-6-9(13)2-3-11(12)14/h2-3,6,10,15H,4-5,7-8H2,1H3. The summed E-state index contributed by atoms with van der Waals surface area (Å²) in [5.41, 5.74) is 0. The van der Waals surface area contributed by atoms with Gasteiger partial charge in [0.15, 0.2) is 0 Å². The third kappa shape index (κ3) is 3.14. The van der Waals surface area contributed by atoms with E-state index in [2.05, 4.69) is 5.32 Å². The number of benzene rings is 1. The maximum atomic E-state index is 13.6. The molecule has 0 spiro atoms. The minimum atomic E-state index is -4.06. The molecule has 0 aromatic heterocycles. The number of hydrogen-bond donors (Lipinski definition) is 1. The number of hydrogen-bond acceptors (Lipinski definition) is 4. The number of rotatable bonds is 4. The number of ether oxygens (including phenoxy) is 1. The number of sulfonamides is 1. The van der Waals surface area contributed by atoms with E-state index in [1.807, 2.05) is 0 Å². The van der Waals surface area contributed by atoms with Crippen molar-refractivity contribution in [2.24, 2.45) is 0 Å². The lowest BCUT2D eigenvalue weighted by Crippen LogP contribution is -2.48. The van der Waals surface area contributed by atoms with Gasteiger partial charge < -0.3 is 10.1 Å². The average Bonchev–Trinajstić information content (AvgIpc) is 2.42. The summed E-state index contributed by atoms with van der Waals surface area (Å²) in [5.74, 6) is -1.74. The van der Waals surface area contributed by atoms with E-state index in [0.717, 1.165) is 16.4 Å². The third-order valence-electron chi connectivity index (χ3n) is 3.04. The molecule has 1 N–H and O–H groups in total. The zero-order chi connectivity index (χ0) is 14.8. The van der Waals surface area contributed by atoms with E-state index in [-0.39, 0.29) is 25.8 Å². The summed E-state index contributed by atoms with van der Waals surface area (Å²) in [6.45, 7) is 0.942. The molecule has 20 heavy (non-hydrogen) atoms. The molecule has 0 bridgehead atoms. The third-order valence-corrected chi connectivity index (χ3v) is 4.92. The smallest absolute Gasteiger partial charge is 0.246 e. The fourth-order valence-electron chi connectivity index (χ4n) is 2.08. The molecule has 1 unspecified atom stereocenters. The molecule has 2 rings (SSSR count). The predicted molar refractivity (Wildman–Crippen MR) is 68.8 cm³/mol. The zero-order valence-corrected chi connectivity index (χ0v) is 11.8. The summed E-state index contributed by atoms with van der Waals surface area (Å²) in [5, 5.41) is 2.89. The molecule has 112 valence electrons. The Morgan fingerprint density at radius 2 is 2.20 bits per heavy atom. The summed E-state index contributed by atoms with van der Waals surface area (Å²) < 4.78 is 58.0. The topological polar surface area (TPSA) is 58.6 Å². The van der Waals surface area contributed by atoms with Gasteiger partial charge in [-0.05, 0) is 25.2 Å². The van der Waals surface area contributed by atoms with Crippen LogP contribution in [0.5, 0.6) is 0 Å². The fourth-order valence-corrected chi connectivity index (χ4v) is 3.61. The van der Waals surface area contributed by atoms with Crippen LogP contribution in [0.1, 0.15) is 0 Å². The molecule has 5 nitrogen and oxygen atoms in total. The SMILES string of the molecule is CNCC1CN(S(=O)(=O)c2cc(F)ccc2F)CCO1. The Bertz CT molecular complexity index is 578. The molecular formula is C12H16F2N2O3S. The largest absolute Gasteiger partial charge is 0.374 e. The molecule has 1 aromatic carbocycles. The highest BCUT2D eigenvalue weighted by Gasteiger charge is 2.32. The van der Waals surface area contributed by atoms with Gasteiger partial charge in [0.05, 0.1) is 12.7 Å². The van der Waals surface area contributed by atoms with Crippen LogP contribution >= 0.6 is 0 Å². The van der Waals surface area contributed by atoms with Crippen LogP contribution in [0.25, 0.3) is 0 Å². The van der Waals surface area contributed by atoms with Gasteiger partial charge in [0.2, 0.25) is 10.0 Å². The first kappa shape index (κ1) is 15.3. The Balaban J connectivity index is 2.27. The van der Waals surface area contributed by atoms with Gasteiger partial charge >= 0.3 is 0 Å². The van der Waals surface area contributed by atoms with Crippen molar-refractivity contribution in [1.82, 2.24) is 9.62 Å². The van der Waals surface area contributed by atoms with Gasteiger partial charge in [-0.15, -0.1) is 0 Å². The second-order valence-corrected chi connectivity index (χ2v) is 6.39. The first-order chi connectivity index (χ1) is 9.45. The molecule has 1 aromatic rings. The van der Waals surface area contributed by atoms with Crippen LogP contribution in [-0.4, -0.2) is 52.1 Å². The van der Waals surface area contributed by atoms with Crippen molar-refractivity contribution in [3.8, 4) is 0 Å². The molecule has 0 aliphatic carbocycles. The first-order valence-electron chi connectivity index (χ1n) is 6.16. The van der Waals surface area contributed by atoms with Crippen LogP contribution < -0.4 is 5.32 Å². The number of likely N-dealkylation sites (N-methyl/N-ethyl adjacent to an activating group) is 1. The lowest BCUT2D eigenvalue weighted by Gasteiger charge is -2.32. The monoisotopic (exact) mass is 306 g/mol. The fraction of sp³-hybridized carbons (Fsp3) is 0.500. The Labute approximate surface area is 116 Å². The highest BCUT2D eigenvalue weighted by Crippen LogP contribution is 2.22. The van der Waals surface area contributed by atoms with E-state index < -0.39 is 26.6 Å². The average molecular weight is 306 g/mol. The molecule has 0 radical (unpaired) electrons. The molecule has 8 heteroatoms. The highest BCUT2D eigenvalue weighted by atomic mass is 32.2. The molecule has 1 aliphatic heterocycles. The van der Waals surface area contributed by atoms with Crippen molar-refractivity contribution in [3.05, 3.63) is 29.8 Å². The first-order valence-corrected chi connectivity index (χ1v) is 7.60. The Morgan fingerprint density at radius 3 is 2.90 bits per heavy atom. The van der Waals surface area contributed by atoms with Gasteiger partial charge in [0, 0.05) is 19.6 Å². The summed E-state index contributed by atoms with van der Waals surface area (Å²) in [6, 6.07) is 2.40. The van der Waals surface area contributed by atoms with Crippen LogP contribution in [-0.2, 0) is 14.8 Å². The van der Waals surface area contributed by atoms with E-state index >= 15 is 0 Å². The molecule has 1 fully saturated rings. The van der Waals surface area contributed by atoms with Gasteiger partial charge in [0.1, 0.15) is 16.5 Å². The maximum Gasteiger partial charge on any atom is 0.246 e. The number of morpholine rings is 1. The highest BCUT2D eigenvalue weighted by molar-refractivity contribution is 7.89. The van der Waals surface area contributed by atoms with E-state index in [1.54, 1.807) is 7.05 Å². The number of nitrogens with zero attached hydrogens (tertiary/aromatic N) is 1. The zero-order valence-electron chi connectivity index (χ0n) is 11.0. The minimum absolute atomic E-state index is 0.110. The predicted octanol–water partition coefficient (Wildman–Crippen LogP) is 0.574. The van der Waals surface area contributed by atoms with Gasteiger partial charge in [0.25, 0.3) is 0 Å². The molecule has 1 saturated heterocycles. The number of nitrogens with one attached hydrogen (secondary N) is 1. The molecule has 1 atom stereocenters. The van der Waals surface area contributed by atoms with Gasteiger partial charge in [-0.3, -0.25) is 0 Å². The lowest BCUT2D eigenvalue weighted by atomic mass is 10.3. The molecule has 1 aliphatic rings. The van der Waals surface area contributed by atoms with Crippen molar-refractivity contribution in [2.75, 3.05) is 33.3 Å². The summed E-state index contributed by atoms with van der Waals surface area (Å²) >= 11 is 0. The molecule has 0 amide bonds. The summed E-state index contributed by atoms with van der Waals surface area (Å²) in [7, 11) is -2.33. The van der Waals surface area contributed by atoms with E-state index in [9.17, 15) is 17.2 Å². The summed E-state index contributed by atoms with van der Waals surface area (Å²) in [4.78, 5) is -0.636. The van der Waals surface area contributed by atoms with Crippen molar-refractivity contribution in [3.63, 3.8) is 0 Å². The van der Waals surface area contributed by atoms with Gasteiger partial charge in [-0.2, -0.15) is 4.31 Å².